The Kier molecular flexibility index (Phi) is 6.57. The van der Waals surface area contributed by atoms with Crippen LogP contribution < -0.4 is 15.4 Å². The summed E-state index contributed by atoms with van der Waals surface area (Å²) in [7, 11) is 1.53. The van der Waals surface area contributed by atoms with Gasteiger partial charge in [-0.3, -0.25) is 9.59 Å². The number of pyridine rings is 1. The van der Waals surface area contributed by atoms with Crippen molar-refractivity contribution in [3.05, 3.63) is 58.7 Å². The number of hydrogen-bond donors (Lipinski definition) is 2. The first-order chi connectivity index (χ1) is 11.6. The number of hydrogen-bond acceptors (Lipinski definition) is 4. The van der Waals surface area contributed by atoms with Crippen LogP contribution in [0.5, 0.6) is 5.88 Å². The summed E-state index contributed by atoms with van der Waals surface area (Å²) in [6.45, 7) is 0.603. The van der Waals surface area contributed by atoms with Gasteiger partial charge in [-0.1, -0.05) is 23.7 Å². The Morgan fingerprint density at radius 1 is 1.21 bits per heavy atom. The monoisotopic (exact) mass is 347 g/mol. The molecule has 0 bridgehead atoms. The van der Waals surface area contributed by atoms with E-state index in [-0.39, 0.29) is 24.8 Å². The van der Waals surface area contributed by atoms with E-state index in [2.05, 4.69) is 15.6 Å². The van der Waals surface area contributed by atoms with Gasteiger partial charge in [0.15, 0.2) is 0 Å². The number of nitrogens with zero attached hydrogens (tertiary/aromatic N) is 1. The molecule has 0 saturated heterocycles. The molecule has 1 heterocycles. The molecule has 0 saturated carbocycles. The van der Waals surface area contributed by atoms with E-state index in [0.717, 1.165) is 5.56 Å². The molecule has 0 aliphatic carbocycles. The number of aromatic nitrogens is 1. The number of amides is 2. The molecule has 0 atom stereocenters. The van der Waals surface area contributed by atoms with Gasteiger partial charge in [0, 0.05) is 31.8 Å². The van der Waals surface area contributed by atoms with Gasteiger partial charge >= 0.3 is 0 Å². The fraction of sp³-hybridized carbons (Fsp3) is 0.235. The number of benzene rings is 1. The fourth-order valence-electron chi connectivity index (χ4n) is 1.99. The van der Waals surface area contributed by atoms with Crippen molar-refractivity contribution in [1.29, 1.82) is 0 Å². The van der Waals surface area contributed by atoms with Crippen LogP contribution in [0, 0.1) is 0 Å². The predicted octanol–water partition coefficient (Wildman–Crippen LogP) is 2.18. The molecule has 0 spiro atoms. The van der Waals surface area contributed by atoms with Crippen LogP contribution in [0.2, 0.25) is 5.02 Å². The van der Waals surface area contributed by atoms with E-state index in [1.54, 1.807) is 42.6 Å². The summed E-state index contributed by atoms with van der Waals surface area (Å²) >= 11 is 5.95. The number of halogens is 1. The Labute approximate surface area is 145 Å². The lowest BCUT2D eigenvalue weighted by molar-refractivity contribution is -0.121. The number of methoxy groups -OCH3 is 1. The van der Waals surface area contributed by atoms with Gasteiger partial charge in [-0.15, -0.1) is 0 Å². The molecule has 6 nitrogen and oxygen atoms in total. The zero-order valence-electron chi connectivity index (χ0n) is 13.2. The average molecular weight is 348 g/mol. The molecule has 0 aliphatic heterocycles. The second-order valence-corrected chi connectivity index (χ2v) is 5.38. The minimum Gasteiger partial charge on any atom is -0.481 e. The number of rotatable bonds is 7. The van der Waals surface area contributed by atoms with Crippen LogP contribution >= 0.6 is 11.6 Å². The van der Waals surface area contributed by atoms with Gasteiger partial charge in [0.05, 0.1) is 17.7 Å². The molecule has 0 radical (unpaired) electrons. The third-order valence-electron chi connectivity index (χ3n) is 3.25. The van der Waals surface area contributed by atoms with Crippen LogP contribution in [0.15, 0.2) is 42.6 Å². The molecule has 2 aromatic rings. The minimum absolute atomic E-state index is 0.162. The molecule has 1 aromatic carbocycles. The average Bonchev–Trinajstić information content (AvgIpc) is 2.60. The van der Waals surface area contributed by atoms with E-state index in [0.29, 0.717) is 23.0 Å². The van der Waals surface area contributed by atoms with Crippen molar-refractivity contribution in [1.82, 2.24) is 15.6 Å². The Bertz CT molecular complexity index is 722. The first-order valence-corrected chi connectivity index (χ1v) is 7.76. The Morgan fingerprint density at radius 3 is 2.75 bits per heavy atom. The molecule has 2 N–H and O–H groups in total. The Hall–Kier alpha value is -2.60. The predicted molar refractivity (Wildman–Crippen MR) is 91.0 cm³/mol. The Balaban J connectivity index is 1.73. The lowest BCUT2D eigenvalue weighted by Gasteiger charge is -2.08. The third-order valence-corrected chi connectivity index (χ3v) is 3.58. The van der Waals surface area contributed by atoms with Gasteiger partial charge in [-0.25, -0.2) is 4.98 Å². The van der Waals surface area contributed by atoms with Crippen molar-refractivity contribution in [3.63, 3.8) is 0 Å². The van der Waals surface area contributed by atoms with E-state index >= 15 is 0 Å². The molecule has 0 fully saturated rings. The molecule has 126 valence electrons. The highest BCUT2D eigenvalue weighted by Gasteiger charge is 2.09. The van der Waals surface area contributed by atoms with Crippen molar-refractivity contribution in [3.8, 4) is 5.88 Å². The van der Waals surface area contributed by atoms with Crippen LogP contribution in [0.4, 0.5) is 0 Å². The smallest absolute Gasteiger partial charge is 0.252 e. The van der Waals surface area contributed by atoms with Gasteiger partial charge < -0.3 is 15.4 Å². The summed E-state index contributed by atoms with van der Waals surface area (Å²) in [5.74, 6) is 0.0336. The van der Waals surface area contributed by atoms with Crippen molar-refractivity contribution in [2.45, 2.75) is 13.0 Å². The van der Waals surface area contributed by atoms with Gasteiger partial charge in [-0.05, 0) is 23.8 Å². The van der Waals surface area contributed by atoms with Crippen LogP contribution in [0.1, 0.15) is 22.3 Å². The second-order valence-electron chi connectivity index (χ2n) is 4.97. The van der Waals surface area contributed by atoms with Crippen LogP contribution in [0.25, 0.3) is 0 Å². The largest absolute Gasteiger partial charge is 0.481 e. The molecule has 2 amide bonds. The zero-order chi connectivity index (χ0) is 17.4. The molecule has 24 heavy (non-hydrogen) atoms. The van der Waals surface area contributed by atoms with Crippen LogP contribution in [-0.4, -0.2) is 30.5 Å². The highest BCUT2D eigenvalue weighted by Crippen LogP contribution is 2.14. The first kappa shape index (κ1) is 17.7. The van der Waals surface area contributed by atoms with Crippen molar-refractivity contribution < 1.29 is 14.3 Å². The summed E-state index contributed by atoms with van der Waals surface area (Å²) in [5, 5.41) is 5.83. The number of nitrogens with one attached hydrogen (secondary N) is 2. The summed E-state index contributed by atoms with van der Waals surface area (Å²) in [5.41, 5.74) is 1.28. The lowest BCUT2D eigenvalue weighted by atomic mass is 10.2. The SMILES string of the molecule is COc1cc(CNC(=O)CCNC(=O)c2ccccc2Cl)ccn1. The molecule has 1 aromatic heterocycles. The Morgan fingerprint density at radius 2 is 2.00 bits per heavy atom. The maximum absolute atomic E-state index is 11.9. The standard InChI is InChI=1S/C17H18ClN3O3/c1-24-16-10-12(6-8-19-16)11-21-15(22)7-9-20-17(23)13-4-2-3-5-14(13)18/h2-6,8,10H,7,9,11H2,1H3,(H,20,23)(H,21,22). The van der Waals surface area contributed by atoms with Gasteiger partial charge in [-0.2, -0.15) is 0 Å². The quantitative estimate of drug-likeness (QED) is 0.804. The second kappa shape index (κ2) is 8.88. The number of carbonyl (C=O) groups is 2. The van der Waals surface area contributed by atoms with Crippen molar-refractivity contribution in [2.75, 3.05) is 13.7 Å². The maximum Gasteiger partial charge on any atom is 0.252 e. The molecule has 0 unspecified atom stereocenters. The summed E-state index contributed by atoms with van der Waals surface area (Å²) in [4.78, 5) is 27.8. The molecular formula is C17H18ClN3O3. The van der Waals surface area contributed by atoms with Crippen molar-refractivity contribution in [2.24, 2.45) is 0 Å². The van der Waals surface area contributed by atoms with E-state index in [4.69, 9.17) is 16.3 Å². The number of ether oxygens (including phenoxy) is 1. The van der Waals surface area contributed by atoms with E-state index in [1.165, 1.54) is 7.11 Å². The number of carbonyl (C=O) groups excluding carboxylic acids is 2. The zero-order valence-corrected chi connectivity index (χ0v) is 14.0. The molecule has 7 heteroatoms. The highest BCUT2D eigenvalue weighted by molar-refractivity contribution is 6.33. The summed E-state index contributed by atoms with van der Waals surface area (Å²) in [6, 6.07) is 10.3. The molecule has 2 rings (SSSR count). The van der Waals surface area contributed by atoms with E-state index in [9.17, 15) is 9.59 Å². The van der Waals surface area contributed by atoms with E-state index in [1.807, 2.05) is 0 Å². The van der Waals surface area contributed by atoms with Gasteiger partial charge in [0.2, 0.25) is 11.8 Å². The van der Waals surface area contributed by atoms with Crippen LogP contribution in [0.3, 0.4) is 0 Å². The van der Waals surface area contributed by atoms with Gasteiger partial charge in [0.25, 0.3) is 5.91 Å². The van der Waals surface area contributed by atoms with E-state index < -0.39 is 0 Å². The van der Waals surface area contributed by atoms with Crippen molar-refractivity contribution >= 4 is 23.4 Å². The summed E-state index contributed by atoms with van der Waals surface area (Å²) in [6.07, 6.45) is 1.79. The first-order valence-electron chi connectivity index (χ1n) is 7.38. The minimum atomic E-state index is -0.299. The molecular weight excluding hydrogens is 330 g/mol. The third kappa shape index (κ3) is 5.24. The van der Waals surface area contributed by atoms with Gasteiger partial charge in [0.1, 0.15) is 0 Å². The maximum atomic E-state index is 11.9. The lowest BCUT2D eigenvalue weighted by Crippen LogP contribution is -2.30. The topological polar surface area (TPSA) is 80.3 Å². The normalized spacial score (nSPS) is 10.1. The molecule has 0 aliphatic rings. The highest BCUT2D eigenvalue weighted by atomic mass is 35.5. The van der Waals surface area contributed by atoms with Crippen LogP contribution in [-0.2, 0) is 11.3 Å². The summed E-state index contributed by atoms with van der Waals surface area (Å²) < 4.78 is 5.02. The fourth-order valence-corrected chi connectivity index (χ4v) is 2.21.